The number of anilines is 1. The van der Waals surface area contributed by atoms with Crippen LogP contribution in [-0.2, 0) is 4.79 Å². The molecule has 6 heteroatoms. The fourth-order valence-corrected chi connectivity index (χ4v) is 1.54. The molecule has 1 aromatic carbocycles. The molecule has 0 aliphatic heterocycles. The van der Waals surface area contributed by atoms with Crippen molar-refractivity contribution in [2.75, 3.05) is 11.9 Å². The van der Waals surface area contributed by atoms with E-state index >= 15 is 0 Å². The van der Waals surface area contributed by atoms with Gasteiger partial charge in [0, 0.05) is 11.9 Å². The predicted octanol–water partition coefficient (Wildman–Crippen LogP) is 2.46. The Kier molecular flexibility index (Phi) is 4.20. The van der Waals surface area contributed by atoms with Crippen LogP contribution in [0.1, 0.15) is 0 Å². The fraction of sp³-hybridized carbons (Fsp3) is 0.0769. The molecule has 0 spiro atoms. The van der Waals surface area contributed by atoms with E-state index < -0.39 is 0 Å². The number of carbonyl (C=O) groups is 1. The Morgan fingerprint density at radius 2 is 2.05 bits per heavy atom. The highest BCUT2D eigenvalue weighted by Crippen LogP contribution is 2.20. The molecule has 0 saturated heterocycles. The number of rotatable bonds is 4. The maximum atomic E-state index is 11.6. The Morgan fingerprint density at radius 1 is 1.32 bits per heavy atom. The molecule has 1 amide bonds. The lowest BCUT2D eigenvalue weighted by atomic mass is 10.3. The number of aromatic hydroxyl groups is 1. The number of aromatic nitrogens is 1. The number of phenolic OH excluding ortho intramolecular Hbond substituents is 1. The molecule has 2 aromatic rings. The van der Waals surface area contributed by atoms with Gasteiger partial charge in [-0.3, -0.25) is 4.79 Å². The molecular weight excluding hydrogens is 268 g/mol. The first kappa shape index (κ1) is 13.2. The second kappa shape index (κ2) is 6.06. The van der Waals surface area contributed by atoms with Gasteiger partial charge in [0.2, 0.25) is 0 Å². The van der Waals surface area contributed by atoms with Gasteiger partial charge in [0.15, 0.2) is 17.5 Å². The second-order valence-electron chi connectivity index (χ2n) is 3.68. The van der Waals surface area contributed by atoms with Crippen LogP contribution < -0.4 is 10.1 Å². The minimum atomic E-state index is -0.328. The van der Waals surface area contributed by atoms with E-state index in [1.165, 1.54) is 18.3 Å². The molecule has 0 fully saturated rings. The quantitative estimate of drug-likeness (QED) is 0.666. The van der Waals surface area contributed by atoms with Crippen molar-refractivity contribution in [2.45, 2.75) is 0 Å². The third-order valence-electron chi connectivity index (χ3n) is 2.23. The Balaban J connectivity index is 1.88. The third kappa shape index (κ3) is 3.86. The number of pyridine rings is 1. The normalized spacial score (nSPS) is 9.95. The molecule has 0 unspecified atom stereocenters. The predicted molar refractivity (Wildman–Crippen MR) is 71.5 cm³/mol. The number of ether oxygens (including phenoxy) is 1. The van der Waals surface area contributed by atoms with Crippen molar-refractivity contribution >= 4 is 23.2 Å². The number of phenols is 1. The summed E-state index contributed by atoms with van der Waals surface area (Å²) in [5.41, 5.74) is 0.573. The van der Waals surface area contributed by atoms with E-state index in [1.807, 2.05) is 0 Å². The monoisotopic (exact) mass is 278 g/mol. The van der Waals surface area contributed by atoms with Gasteiger partial charge in [-0.05, 0) is 36.4 Å². The smallest absolute Gasteiger partial charge is 0.262 e. The lowest BCUT2D eigenvalue weighted by Crippen LogP contribution is -2.20. The summed E-state index contributed by atoms with van der Waals surface area (Å²) in [5, 5.41) is 11.9. The maximum absolute atomic E-state index is 11.6. The highest BCUT2D eigenvalue weighted by Gasteiger charge is 2.06. The van der Waals surface area contributed by atoms with Crippen LogP contribution in [0.2, 0.25) is 5.15 Å². The minimum absolute atomic E-state index is 0.136. The zero-order valence-electron chi connectivity index (χ0n) is 9.84. The first-order valence-corrected chi connectivity index (χ1v) is 5.85. The van der Waals surface area contributed by atoms with Gasteiger partial charge < -0.3 is 15.2 Å². The molecular formula is C13H11ClN2O3. The van der Waals surface area contributed by atoms with E-state index in [0.717, 1.165) is 0 Å². The average molecular weight is 279 g/mol. The fourth-order valence-electron chi connectivity index (χ4n) is 1.36. The molecule has 0 saturated carbocycles. The van der Waals surface area contributed by atoms with Gasteiger partial charge in [-0.1, -0.05) is 11.6 Å². The SMILES string of the molecule is O=C(COc1cccnc1Cl)Nc1ccc(O)cc1. The van der Waals surface area contributed by atoms with E-state index in [0.29, 0.717) is 11.4 Å². The Hall–Kier alpha value is -2.27. The van der Waals surface area contributed by atoms with Crippen LogP contribution >= 0.6 is 11.6 Å². The van der Waals surface area contributed by atoms with Gasteiger partial charge in [0.25, 0.3) is 5.91 Å². The highest BCUT2D eigenvalue weighted by molar-refractivity contribution is 6.30. The molecule has 2 rings (SSSR count). The van der Waals surface area contributed by atoms with Crippen molar-refractivity contribution in [1.82, 2.24) is 4.98 Å². The van der Waals surface area contributed by atoms with E-state index in [4.69, 9.17) is 21.4 Å². The Bertz CT molecular complexity index is 572. The molecule has 19 heavy (non-hydrogen) atoms. The summed E-state index contributed by atoms with van der Waals surface area (Å²) in [6, 6.07) is 9.43. The third-order valence-corrected chi connectivity index (χ3v) is 2.52. The summed E-state index contributed by atoms with van der Waals surface area (Å²) in [7, 11) is 0. The highest BCUT2D eigenvalue weighted by atomic mass is 35.5. The molecule has 0 aliphatic carbocycles. The van der Waals surface area contributed by atoms with Crippen LogP contribution in [0.25, 0.3) is 0 Å². The maximum Gasteiger partial charge on any atom is 0.262 e. The lowest BCUT2D eigenvalue weighted by molar-refractivity contribution is -0.118. The van der Waals surface area contributed by atoms with E-state index in [9.17, 15) is 4.79 Å². The van der Waals surface area contributed by atoms with Crippen LogP contribution in [0.15, 0.2) is 42.6 Å². The van der Waals surface area contributed by atoms with Crippen LogP contribution in [0.5, 0.6) is 11.5 Å². The molecule has 1 heterocycles. The molecule has 0 aliphatic rings. The Morgan fingerprint density at radius 3 is 2.74 bits per heavy atom. The van der Waals surface area contributed by atoms with Crippen molar-refractivity contribution in [2.24, 2.45) is 0 Å². The number of carbonyl (C=O) groups excluding carboxylic acids is 1. The van der Waals surface area contributed by atoms with Gasteiger partial charge in [0.1, 0.15) is 5.75 Å². The Labute approximate surface area is 114 Å². The zero-order valence-corrected chi connectivity index (χ0v) is 10.6. The number of nitrogens with one attached hydrogen (secondary N) is 1. The van der Waals surface area contributed by atoms with Crippen molar-refractivity contribution < 1.29 is 14.6 Å². The summed E-state index contributed by atoms with van der Waals surface area (Å²) in [6.07, 6.45) is 1.53. The topological polar surface area (TPSA) is 71.5 Å². The molecule has 2 N–H and O–H groups in total. The van der Waals surface area contributed by atoms with Crippen molar-refractivity contribution in [3.05, 3.63) is 47.7 Å². The second-order valence-corrected chi connectivity index (χ2v) is 4.03. The summed E-state index contributed by atoms with van der Waals surface area (Å²) >= 11 is 5.79. The van der Waals surface area contributed by atoms with E-state index in [2.05, 4.69) is 10.3 Å². The number of benzene rings is 1. The van der Waals surface area contributed by atoms with Crippen LogP contribution in [0.3, 0.4) is 0 Å². The molecule has 1 aromatic heterocycles. The number of hydrogen-bond donors (Lipinski definition) is 2. The van der Waals surface area contributed by atoms with Gasteiger partial charge in [-0.15, -0.1) is 0 Å². The first-order chi connectivity index (χ1) is 9.15. The van der Waals surface area contributed by atoms with Crippen molar-refractivity contribution in [1.29, 1.82) is 0 Å². The number of nitrogens with zero attached hydrogens (tertiary/aromatic N) is 1. The van der Waals surface area contributed by atoms with E-state index in [1.54, 1.807) is 24.3 Å². The lowest BCUT2D eigenvalue weighted by Gasteiger charge is -2.08. The number of hydrogen-bond acceptors (Lipinski definition) is 4. The minimum Gasteiger partial charge on any atom is -0.508 e. The molecule has 0 radical (unpaired) electrons. The van der Waals surface area contributed by atoms with Crippen molar-refractivity contribution in [3.8, 4) is 11.5 Å². The van der Waals surface area contributed by atoms with Gasteiger partial charge >= 0.3 is 0 Å². The van der Waals surface area contributed by atoms with Gasteiger partial charge in [-0.2, -0.15) is 0 Å². The largest absolute Gasteiger partial charge is 0.508 e. The molecule has 5 nitrogen and oxygen atoms in total. The summed E-state index contributed by atoms with van der Waals surface area (Å²) in [5.74, 6) is 0.159. The van der Waals surface area contributed by atoms with E-state index in [-0.39, 0.29) is 23.4 Å². The standard InChI is InChI=1S/C13H11ClN2O3/c14-13-11(2-1-7-15-13)19-8-12(18)16-9-3-5-10(17)6-4-9/h1-7,17H,8H2,(H,16,18). The molecule has 98 valence electrons. The summed E-state index contributed by atoms with van der Waals surface area (Å²) in [6.45, 7) is -0.174. The zero-order chi connectivity index (χ0) is 13.7. The van der Waals surface area contributed by atoms with Gasteiger partial charge in [-0.25, -0.2) is 4.98 Å². The first-order valence-electron chi connectivity index (χ1n) is 5.47. The van der Waals surface area contributed by atoms with Crippen LogP contribution in [0, 0.1) is 0 Å². The summed E-state index contributed by atoms with van der Waals surface area (Å²) in [4.78, 5) is 15.5. The molecule has 0 atom stereocenters. The van der Waals surface area contributed by atoms with Crippen molar-refractivity contribution in [3.63, 3.8) is 0 Å². The van der Waals surface area contributed by atoms with Gasteiger partial charge in [0.05, 0.1) is 0 Å². The average Bonchev–Trinajstić information content (AvgIpc) is 2.40. The molecule has 0 bridgehead atoms. The summed E-state index contributed by atoms with van der Waals surface area (Å²) < 4.78 is 5.24. The number of halogens is 1. The van der Waals surface area contributed by atoms with Crippen LogP contribution in [-0.4, -0.2) is 22.6 Å². The van der Waals surface area contributed by atoms with Crippen LogP contribution in [0.4, 0.5) is 5.69 Å². The number of amides is 1.